The molecule has 26 heavy (non-hydrogen) atoms. The molecule has 134 valence electrons. The van der Waals surface area contributed by atoms with Gasteiger partial charge in [0.05, 0.1) is 22.8 Å². The standard InChI is InChI=1S/C18H16ClN3O4/c19-15-9-13(6-5-12(15)10-20)22-17(24)11-26-18(25)14-3-1-2-4-16(14)21-7-8-23/h1-6,9,21,23H,7-8,11H2,(H,22,24). The summed E-state index contributed by atoms with van der Waals surface area (Å²) in [6.07, 6.45) is 0. The highest BCUT2D eigenvalue weighted by Gasteiger charge is 2.14. The van der Waals surface area contributed by atoms with E-state index in [0.717, 1.165) is 0 Å². The molecule has 0 fully saturated rings. The van der Waals surface area contributed by atoms with Crippen molar-refractivity contribution >= 4 is 34.9 Å². The highest BCUT2D eigenvalue weighted by Crippen LogP contribution is 2.20. The van der Waals surface area contributed by atoms with E-state index in [1.54, 1.807) is 24.3 Å². The predicted octanol–water partition coefficient (Wildman–Crippen LogP) is 2.41. The zero-order valence-electron chi connectivity index (χ0n) is 13.7. The SMILES string of the molecule is N#Cc1ccc(NC(=O)COC(=O)c2ccccc2NCCO)cc1Cl. The van der Waals surface area contributed by atoms with E-state index in [9.17, 15) is 9.59 Å². The highest BCUT2D eigenvalue weighted by atomic mass is 35.5. The third-order valence-corrected chi connectivity index (χ3v) is 3.59. The van der Waals surface area contributed by atoms with Gasteiger partial charge >= 0.3 is 5.97 Å². The van der Waals surface area contributed by atoms with Crippen molar-refractivity contribution in [2.75, 3.05) is 30.4 Å². The molecule has 3 N–H and O–H groups in total. The van der Waals surface area contributed by atoms with Gasteiger partial charge < -0.3 is 20.5 Å². The number of para-hydroxylation sites is 1. The van der Waals surface area contributed by atoms with E-state index in [4.69, 9.17) is 26.7 Å². The first-order chi connectivity index (χ1) is 12.5. The van der Waals surface area contributed by atoms with E-state index in [1.807, 2.05) is 6.07 Å². The topological polar surface area (TPSA) is 111 Å². The number of aliphatic hydroxyl groups is 1. The number of aliphatic hydroxyl groups excluding tert-OH is 1. The van der Waals surface area contributed by atoms with Crippen LogP contribution in [0.15, 0.2) is 42.5 Å². The van der Waals surface area contributed by atoms with Crippen LogP contribution in [0.2, 0.25) is 5.02 Å². The number of anilines is 2. The van der Waals surface area contributed by atoms with E-state index < -0.39 is 18.5 Å². The lowest BCUT2D eigenvalue weighted by atomic mass is 10.2. The van der Waals surface area contributed by atoms with Crippen molar-refractivity contribution in [3.8, 4) is 6.07 Å². The Hall–Kier alpha value is -3.08. The lowest BCUT2D eigenvalue weighted by molar-refractivity contribution is -0.119. The van der Waals surface area contributed by atoms with Gasteiger partial charge in [-0.1, -0.05) is 23.7 Å². The summed E-state index contributed by atoms with van der Waals surface area (Å²) >= 11 is 5.90. The third-order valence-electron chi connectivity index (χ3n) is 3.28. The lowest BCUT2D eigenvalue weighted by Gasteiger charge is -2.11. The predicted molar refractivity (Wildman–Crippen MR) is 97.1 cm³/mol. The minimum absolute atomic E-state index is 0.0844. The van der Waals surface area contributed by atoms with E-state index in [0.29, 0.717) is 16.9 Å². The first-order valence-electron chi connectivity index (χ1n) is 7.65. The molecule has 0 radical (unpaired) electrons. The number of halogens is 1. The van der Waals surface area contributed by atoms with Crippen molar-refractivity contribution in [2.24, 2.45) is 0 Å². The molecule has 1 amide bonds. The number of amides is 1. The van der Waals surface area contributed by atoms with E-state index in [-0.39, 0.29) is 23.7 Å². The number of hydrogen-bond donors (Lipinski definition) is 3. The summed E-state index contributed by atoms with van der Waals surface area (Å²) < 4.78 is 5.02. The molecule has 0 aliphatic heterocycles. The lowest BCUT2D eigenvalue weighted by Crippen LogP contribution is -2.21. The maximum Gasteiger partial charge on any atom is 0.340 e. The van der Waals surface area contributed by atoms with Gasteiger partial charge in [0.25, 0.3) is 5.91 Å². The van der Waals surface area contributed by atoms with Gasteiger partial charge in [-0.25, -0.2) is 4.79 Å². The Balaban J connectivity index is 1.94. The fraction of sp³-hybridized carbons (Fsp3) is 0.167. The average molecular weight is 374 g/mol. The van der Waals surface area contributed by atoms with Crippen molar-refractivity contribution in [1.82, 2.24) is 0 Å². The van der Waals surface area contributed by atoms with Gasteiger partial charge in [0.2, 0.25) is 0 Å². The van der Waals surface area contributed by atoms with E-state index in [1.165, 1.54) is 18.2 Å². The fourth-order valence-corrected chi connectivity index (χ4v) is 2.32. The summed E-state index contributed by atoms with van der Waals surface area (Å²) in [5, 5.41) is 23.3. The van der Waals surface area contributed by atoms with Crippen LogP contribution in [0.5, 0.6) is 0 Å². The van der Waals surface area contributed by atoms with Crippen molar-refractivity contribution in [3.05, 3.63) is 58.6 Å². The first-order valence-corrected chi connectivity index (χ1v) is 8.03. The van der Waals surface area contributed by atoms with Gasteiger partial charge in [-0.05, 0) is 30.3 Å². The Kier molecular flexibility index (Phi) is 6.97. The second-order valence-electron chi connectivity index (χ2n) is 5.13. The maximum atomic E-state index is 12.2. The van der Waals surface area contributed by atoms with Crippen LogP contribution in [-0.2, 0) is 9.53 Å². The molecular weight excluding hydrogens is 358 g/mol. The van der Waals surface area contributed by atoms with Crippen molar-refractivity contribution < 1.29 is 19.4 Å². The van der Waals surface area contributed by atoms with Crippen molar-refractivity contribution in [3.63, 3.8) is 0 Å². The normalized spacial score (nSPS) is 9.88. The molecule has 2 rings (SSSR count). The molecule has 0 saturated carbocycles. The summed E-state index contributed by atoms with van der Waals surface area (Å²) in [4.78, 5) is 24.1. The minimum Gasteiger partial charge on any atom is -0.452 e. The molecule has 0 unspecified atom stereocenters. The molecule has 0 saturated heterocycles. The van der Waals surface area contributed by atoms with Crippen LogP contribution in [0.25, 0.3) is 0 Å². The molecule has 0 spiro atoms. The van der Waals surface area contributed by atoms with Crippen LogP contribution in [0.4, 0.5) is 11.4 Å². The van der Waals surface area contributed by atoms with Gasteiger partial charge in [0.15, 0.2) is 6.61 Å². The molecule has 2 aromatic carbocycles. The van der Waals surface area contributed by atoms with E-state index >= 15 is 0 Å². The Labute approximate surface area is 155 Å². The maximum absolute atomic E-state index is 12.2. The second-order valence-corrected chi connectivity index (χ2v) is 5.53. The molecule has 0 bridgehead atoms. The molecule has 8 heteroatoms. The Morgan fingerprint density at radius 3 is 2.69 bits per heavy atom. The van der Waals surface area contributed by atoms with Crippen LogP contribution in [0.3, 0.4) is 0 Å². The number of nitrogens with one attached hydrogen (secondary N) is 2. The summed E-state index contributed by atoms with van der Waals surface area (Å²) in [6, 6.07) is 13.0. The Morgan fingerprint density at radius 2 is 2.00 bits per heavy atom. The van der Waals surface area contributed by atoms with Gasteiger partial charge in [-0.3, -0.25) is 4.79 Å². The molecule has 7 nitrogen and oxygen atoms in total. The van der Waals surface area contributed by atoms with Crippen molar-refractivity contribution in [2.45, 2.75) is 0 Å². The number of carbonyl (C=O) groups is 2. The monoisotopic (exact) mass is 373 g/mol. The zero-order valence-corrected chi connectivity index (χ0v) is 14.4. The summed E-state index contributed by atoms with van der Waals surface area (Å²) in [6.45, 7) is -0.284. The number of esters is 1. The number of nitriles is 1. The van der Waals surface area contributed by atoms with Crippen LogP contribution in [0.1, 0.15) is 15.9 Å². The van der Waals surface area contributed by atoms with Crippen LogP contribution in [-0.4, -0.2) is 36.7 Å². The molecule has 0 atom stereocenters. The quantitative estimate of drug-likeness (QED) is 0.642. The average Bonchev–Trinajstić information content (AvgIpc) is 2.65. The van der Waals surface area contributed by atoms with Gasteiger partial charge in [0, 0.05) is 17.9 Å². The number of ether oxygens (including phenoxy) is 1. The van der Waals surface area contributed by atoms with Crippen LogP contribution < -0.4 is 10.6 Å². The summed E-state index contributed by atoms with van der Waals surface area (Å²) in [5.41, 5.74) is 1.45. The zero-order chi connectivity index (χ0) is 18.9. The number of benzene rings is 2. The van der Waals surface area contributed by atoms with Crippen molar-refractivity contribution in [1.29, 1.82) is 5.26 Å². The third kappa shape index (κ3) is 5.21. The first kappa shape index (κ1) is 19.2. The summed E-state index contributed by atoms with van der Waals surface area (Å²) in [5.74, 6) is -1.21. The molecular formula is C18H16ClN3O4. The Bertz CT molecular complexity index is 849. The fourth-order valence-electron chi connectivity index (χ4n) is 2.10. The molecule has 2 aromatic rings. The summed E-state index contributed by atoms with van der Waals surface area (Å²) in [7, 11) is 0. The minimum atomic E-state index is -0.668. The number of hydrogen-bond acceptors (Lipinski definition) is 6. The molecule has 0 aliphatic carbocycles. The molecule has 0 aromatic heterocycles. The van der Waals surface area contributed by atoms with Crippen LogP contribution in [0, 0.1) is 11.3 Å². The molecule has 0 aliphatic rings. The number of rotatable bonds is 7. The van der Waals surface area contributed by atoms with E-state index in [2.05, 4.69) is 10.6 Å². The molecule has 0 heterocycles. The van der Waals surface area contributed by atoms with Gasteiger partial charge in [0.1, 0.15) is 6.07 Å². The largest absolute Gasteiger partial charge is 0.452 e. The number of nitrogens with zero attached hydrogens (tertiary/aromatic N) is 1. The van der Waals surface area contributed by atoms with Gasteiger partial charge in [-0.15, -0.1) is 0 Å². The number of carbonyl (C=O) groups excluding carboxylic acids is 2. The second kappa shape index (κ2) is 9.42. The highest BCUT2D eigenvalue weighted by molar-refractivity contribution is 6.32. The Morgan fingerprint density at radius 1 is 1.23 bits per heavy atom. The van der Waals surface area contributed by atoms with Gasteiger partial charge in [-0.2, -0.15) is 5.26 Å². The van der Waals surface area contributed by atoms with Crippen LogP contribution >= 0.6 is 11.6 Å². The smallest absolute Gasteiger partial charge is 0.340 e.